The summed E-state index contributed by atoms with van der Waals surface area (Å²) in [5.74, 6) is 0.266. The monoisotopic (exact) mass is 267 g/mol. The highest BCUT2D eigenvalue weighted by Gasteiger charge is 2.09. The van der Waals surface area contributed by atoms with Gasteiger partial charge in [-0.1, -0.05) is 6.07 Å². The van der Waals surface area contributed by atoms with Crippen LogP contribution >= 0.6 is 0 Å². The van der Waals surface area contributed by atoms with Gasteiger partial charge in [0.25, 0.3) is 5.91 Å². The Bertz CT molecular complexity index is 690. The number of benzene rings is 2. The molecular weight excluding hydrogens is 254 g/mol. The van der Waals surface area contributed by atoms with Crippen molar-refractivity contribution in [3.05, 3.63) is 53.6 Å². The lowest BCUT2D eigenvalue weighted by Gasteiger charge is -2.10. The standard InChI is InChI=1S/C15H13N3O2/c1-20-12-5-6-13(17)14(8-12)18-15(19)11-4-2-3-10(7-11)9-16/h2-8H,17H2,1H3,(H,18,19). The van der Waals surface area contributed by atoms with Crippen molar-refractivity contribution in [2.24, 2.45) is 0 Å². The molecule has 0 saturated heterocycles. The van der Waals surface area contributed by atoms with Gasteiger partial charge < -0.3 is 15.8 Å². The highest BCUT2D eigenvalue weighted by Crippen LogP contribution is 2.24. The van der Waals surface area contributed by atoms with E-state index >= 15 is 0 Å². The van der Waals surface area contributed by atoms with Crippen LogP contribution in [-0.4, -0.2) is 13.0 Å². The summed E-state index contributed by atoms with van der Waals surface area (Å²) in [6, 6.07) is 13.4. The van der Waals surface area contributed by atoms with Crippen LogP contribution in [0.4, 0.5) is 11.4 Å². The summed E-state index contributed by atoms with van der Waals surface area (Å²) >= 11 is 0. The van der Waals surface area contributed by atoms with Crippen molar-refractivity contribution >= 4 is 17.3 Å². The zero-order valence-electron chi connectivity index (χ0n) is 10.9. The fraction of sp³-hybridized carbons (Fsp3) is 0.0667. The summed E-state index contributed by atoms with van der Waals surface area (Å²) in [5.41, 5.74) is 7.54. The average molecular weight is 267 g/mol. The summed E-state index contributed by atoms with van der Waals surface area (Å²) in [6.07, 6.45) is 0. The predicted octanol–water partition coefficient (Wildman–Crippen LogP) is 2.40. The molecule has 2 aromatic carbocycles. The van der Waals surface area contributed by atoms with E-state index in [4.69, 9.17) is 15.7 Å². The summed E-state index contributed by atoms with van der Waals surface area (Å²) in [7, 11) is 1.54. The van der Waals surface area contributed by atoms with E-state index in [1.54, 1.807) is 36.4 Å². The highest BCUT2D eigenvalue weighted by atomic mass is 16.5. The van der Waals surface area contributed by atoms with Crippen LogP contribution in [-0.2, 0) is 0 Å². The van der Waals surface area contributed by atoms with Crippen molar-refractivity contribution in [3.63, 3.8) is 0 Å². The minimum atomic E-state index is -0.331. The minimum Gasteiger partial charge on any atom is -0.497 e. The normalized spacial score (nSPS) is 9.60. The third kappa shape index (κ3) is 2.87. The topological polar surface area (TPSA) is 88.1 Å². The van der Waals surface area contributed by atoms with E-state index in [1.807, 2.05) is 6.07 Å². The lowest BCUT2D eigenvalue weighted by molar-refractivity contribution is 0.102. The van der Waals surface area contributed by atoms with Gasteiger partial charge in [-0.05, 0) is 30.3 Å². The maximum absolute atomic E-state index is 12.1. The number of carbonyl (C=O) groups is 1. The molecule has 0 heterocycles. The van der Waals surface area contributed by atoms with Crippen LogP contribution in [0.5, 0.6) is 5.75 Å². The Morgan fingerprint density at radius 1 is 1.30 bits per heavy atom. The molecule has 0 aliphatic carbocycles. The minimum absolute atomic E-state index is 0.331. The molecule has 2 aromatic rings. The highest BCUT2D eigenvalue weighted by molar-refractivity contribution is 6.06. The maximum Gasteiger partial charge on any atom is 0.255 e. The Balaban J connectivity index is 2.25. The van der Waals surface area contributed by atoms with Crippen LogP contribution in [0, 0.1) is 11.3 Å². The number of nitrogens with zero attached hydrogens (tertiary/aromatic N) is 1. The van der Waals surface area contributed by atoms with E-state index in [-0.39, 0.29) is 5.91 Å². The van der Waals surface area contributed by atoms with Crippen molar-refractivity contribution in [2.75, 3.05) is 18.2 Å². The van der Waals surface area contributed by atoms with Gasteiger partial charge in [0, 0.05) is 11.6 Å². The van der Waals surface area contributed by atoms with Crippen molar-refractivity contribution in [1.82, 2.24) is 0 Å². The van der Waals surface area contributed by atoms with E-state index < -0.39 is 0 Å². The molecule has 100 valence electrons. The average Bonchev–Trinajstić information content (AvgIpc) is 2.49. The Hall–Kier alpha value is -3.00. The number of carbonyl (C=O) groups excluding carboxylic acids is 1. The Morgan fingerprint density at radius 2 is 2.10 bits per heavy atom. The second-order valence-electron chi connectivity index (χ2n) is 4.10. The molecule has 2 rings (SSSR count). The first kappa shape index (κ1) is 13.4. The van der Waals surface area contributed by atoms with Crippen molar-refractivity contribution < 1.29 is 9.53 Å². The summed E-state index contributed by atoms with van der Waals surface area (Å²) < 4.78 is 5.08. The first-order chi connectivity index (χ1) is 9.63. The molecule has 0 fully saturated rings. The molecule has 3 N–H and O–H groups in total. The lowest BCUT2D eigenvalue weighted by Crippen LogP contribution is -2.13. The second-order valence-corrected chi connectivity index (χ2v) is 4.10. The molecule has 1 amide bonds. The van der Waals surface area contributed by atoms with Crippen molar-refractivity contribution in [1.29, 1.82) is 5.26 Å². The molecule has 0 unspecified atom stereocenters. The number of methoxy groups -OCH3 is 1. The number of nitrogens with two attached hydrogens (primary N) is 1. The Morgan fingerprint density at radius 3 is 2.80 bits per heavy atom. The molecule has 20 heavy (non-hydrogen) atoms. The van der Waals surface area contributed by atoms with E-state index in [9.17, 15) is 4.79 Å². The molecule has 0 saturated carbocycles. The van der Waals surface area contributed by atoms with Gasteiger partial charge in [0.15, 0.2) is 0 Å². The largest absolute Gasteiger partial charge is 0.497 e. The molecule has 0 aliphatic rings. The summed E-state index contributed by atoms with van der Waals surface area (Å²) in [5, 5.41) is 11.5. The van der Waals surface area contributed by atoms with Crippen LogP contribution in [0.1, 0.15) is 15.9 Å². The third-order valence-corrected chi connectivity index (χ3v) is 2.76. The van der Waals surface area contributed by atoms with Gasteiger partial charge in [-0.2, -0.15) is 5.26 Å². The van der Waals surface area contributed by atoms with Gasteiger partial charge in [0.2, 0.25) is 0 Å². The number of ether oxygens (including phenoxy) is 1. The van der Waals surface area contributed by atoms with Gasteiger partial charge in [0.05, 0.1) is 30.1 Å². The molecule has 5 nitrogen and oxygen atoms in total. The van der Waals surface area contributed by atoms with E-state index in [1.165, 1.54) is 13.2 Å². The molecule has 0 radical (unpaired) electrons. The summed E-state index contributed by atoms with van der Waals surface area (Å²) in [6.45, 7) is 0. The number of hydrogen-bond donors (Lipinski definition) is 2. The fourth-order valence-electron chi connectivity index (χ4n) is 1.70. The van der Waals surface area contributed by atoms with E-state index in [0.717, 1.165) is 0 Å². The number of amides is 1. The van der Waals surface area contributed by atoms with Crippen molar-refractivity contribution in [3.8, 4) is 11.8 Å². The molecule has 0 atom stereocenters. The van der Waals surface area contributed by atoms with Crippen LogP contribution < -0.4 is 15.8 Å². The van der Waals surface area contributed by atoms with Crippen LogP contribution in [0.3, 0.4) is 0 Å². The van der Waals surface area contributed by atoms with Crippen LogP contribution in [0.2, 0.25) is 0 Å². The number of rotatable bonds is 3. The molecular formula is C15H13N3O2. The van der Waals surface area contributed by atoms with Crippen molar-refractivity contribution in [2.45, 2.75) is 0 Å². The Labute approximate surface area is 116 Å². The molecule has 0 bridgehead atoms. The predicted molar refractivity (Wildman–Crippen MR) is 76.5 cm³/mol. The van der Waals surface area contributed by atoms with Crippen LogP contribution in [0.25, 0.3) is 0 Å². The smallest absolute Gasteiger partial charge is 0.255 e. The lowest BCUT2D eigenvalue weighted by atomic mass is 10.1. The first-order valence-electron chi connectivity index (χ1n) is 5.89. The summed E-state index contributed by atoms with van der Waals surface area (Å²) in [4.78, 5) is 12.1. The molecule has 0 spiro atoms. The van der Waals surface area contributed by atoms with Gasteiger partial charge in [0.1, 0.15) is 5.75 Å². The van der Waals surface area contributed by atoms with Crippen LogP contribution in [0.15, 0.2) is 42.5 Å². The second kappa shape index (κ2) is 5.76. The van der Waals surface area contributed by atoms with E-state index in [2.05, 4.69) is 5.32 Å². The quantitative estimate of drug-likeness (QED) is 0.836. The number of hydrogen-bond acceptors (Lipinski definition) is 4. The van der Waals surface area contributed by atoms with Gasteiger partial charge in [-0.25, -0.2) is 0 Å². The first-order valence-corrected chi connectivity index (χ1v) is 5.89. The Kier molecular flexibility index (Phi) is 3.87. The molecule has 0 aromatic heterocycles. The number of nitrogen functional groups attached to an aromatic ring is 1. The SMILES string of the molecule is COc1ccc(N)c(NC(=O)c2cccc(C#N)c2)c1. The molecule has 0 aliphatic heterocycles. The number of nitriles is 1. The fourth-order valence-corrected chi connectivity index (χ4v) is 1.70. The zero-order valence-corrected chi connectivity index (χ0v) is 10.9. The van der Waals surface area contributed by atoms with Gasteiger partial charge in [-0.15, -0.1) is 0 Å². The maximum atomic E-state index is 12.1. The number of anilines is 2. The van der Waals surface area contributed by atoms with Gasteiger partial charge in [-0.3, -0.25) is 4.79 Å². The zero-order chi connectivity index (χ0) is 14.5. The third-order valence-electron chi connectivity index (χ3n) is 2.76. The number of nitrogens with one attached hydrogen (secondary N) is 1. The van der Waals surface area contributed by atoms with Gasteiger partial charge >= 0.3 is 0 Å². The van der Waals surface area contributed by atoms with E-state index in [0.29, 0.717) is 28.3 Å². The molecule has 5 heteroatoms.